The lowest BCUT2D eigenvalue weighted by Gasteiger charge is -2.43. The van der Waals surface area contributed by atoms with Gasteiger partial charge in [0.25, 0.3) is 5.91 Å². The van der Waals surface area contributed by atoms with Crippen molar-refractivity contribution in [2.24, 2.45) is 11.8 Å². The van der Waals surface area contributed by atoms with Crippen LogP contribution in [0.3, 0.4) is 0 Å². The summed E-state index contributed by atoms with van der Waals surface area (Å²) < 4.78 is 18.0. The van der Waals surface area contributed by atoms with Crippen LogP contribution in [0.25, 0.3) is 11.0 Å². The third-order valence-electron chi connectivity index (χ3n) is 7.76. The first-order valence-electron chi connectivity index (χ1n) is 14.4. The fourth-order valence-corrected chi connectivity index (χ4v) is 5.73. The summed E-state index contributed by atoms with van der Waals surface area (Å²) in [6, 6.07) is 5.07. The van der Waals surface area contributed by atoms with E-state index in [-0.39, 0.29) is 30.8 Å². The lowest BCUT2D eigenvalue weighted by molar-refractivity contribution is -0.142. The lowest BCUT2D eigenvalue weighted by Crippen LogP contribution is -2.58. The molecule has 3 amide bonds. The second-order valence-electron chi connectivity index (χ2n) is 11.2. The van der Waals surface area contributed by atoms with Crippen LogP contribution in [0.5, 0.6) is 5.75 Å². The van der Waals surface area contributed by atoms with Gasteiger partial charge in [0.1, 0.15) is 5.75 Å². The summed E-state index contributed by atoms with van der Waals surface area (Å²) in [7, 11) is 3.26. The molecule has 2 fully saturated rings. The lowest BCUT2D eigenvalue weighted by atomic mass is 9.91. The third-order valence-corrected chi connectivity index (χ3v) is 7.76. The van der Waals surface area contributed by atoms with Crippen molar-refractivity contribution in [2.45, 2.75) is 45.7 Å². The number of morpholine rings is 1. The first kappa shape index (κ1) is 30.6. The van der Waals surface area contributed by atoms with E-state index in [1.165, 1.54) is 4.90 Å². The van der Waals surface area contributed by atoms with E-state index in [1.807, 2.05) is 36.6 Å². The van der Waals surface area contributed by atoms with Gasteiger partial charge in [0.05, 0.1) is 43.3 Å². The van der Waals surface area contributed by atoms with E-state index >= 15 is 0 Å². The van der Waals surface area contributed by atoms with Crippen molar-refractivity contribution in [3.05, 3.63) is 24.0 Å². The Morgan fingerprint density at radius 1 is 1.12 bits per heavy atom. The van der Waals surface area contributed by atoms with Gasteiger partial charge >= 0.3 is 6.09 Å². The number of carbonyl (C=O) groups excluding carboxylic acids is 2. The second-order valence-corrected chi connectivity index (χ2v) is 11.2. The maximum atomic E-state index is 14.4. The zero-order chi connectivity index (χ0) is 29.5. The highest BCUT2D eigenvalue weighted by molar-refractivity contribution is 5.95. The topological polar surface area (TPSA) is 127 Å². The summed E-state index contributed by atoms with van der Waals surface area (Å²) in [5.74, 6) is 0.195. The van der Waals surface area contributed by atoms with Crippen LogP contribution in [-0.4, -0.2) is 120 Å². The van der Waals surface area contributed by atoms with E-state index in [0.29, 0.717) is 69.5 Å². The quantitative estimate of drug-likeness (QED) is 0.407. The number of methoxy groups -OCH3 is 2. The zero-order valence-corrected chi connectivity index (χ0v) is 24.6. The number of piperidine rings is 1. The molecule has 0 radical (unpaired) electrons. The number of aryl methyl sites for hydroxylation is 1. The smallest absolute Gasteiger partial charge is 0.407 e. The third kappa shape index (κ3) is 7.28. The van der Waals surface area contributed by atoms with E-state index in [4.69, 9.17) is 19.2 Å². The Morgan fingerprint density at radius 3 is 2.54 bits per heavy atom. The number of nitrogens with zero attached hydrogens (tertiary/aromatic N) is 5. The van der Waals surface area contributed by atoms with Gasteiger partial charge in [-0.1, -0.05) is 13.8 Å². The van der Waals surface area contributed by atoms with Gasteiger partial charge in [-0.2, -0.15) is 0 Å². The van der Waals surface area contributed by atoms with Gasteiger partial charge in [-0.25, -0.2) is 9.78 Å². The number of aromatic nitrogens is 2. The van der Waals surface area contributed by atoms with Crippen LogP contribution in [-0.2, 0) is 20.8 Å². The standard InChI is InChI=1S/C29H43N5O7/c1-20(2)17-34(22-15-21(18-32(19-22)29(37)38)27(35)31-10-13-41-14-11-31)28(36)26-30-24-8-7-23(40-4)16-25(24)33(26)9-5-6-12-39-3/h7-8,16,20-22H,5-6,9-15,17-19H2,1-4H3,(H,37,38)/t21-,22+/m1/s1. The molecule has 1 aromatic carbocycles. The number of carboxylic acid groups (broad SMARTS) is 1. The molecule has 1 aromatic heterocycles. The Bertz CT molecular complexity index is 1210. The maximum absolute atomic E-state index is 14.4. The van der Waals surface area contributed by atoms with Crippen molar-refractivity contribution in [1.29, 1.82) is 0 Å². The minimum absolute atomic E-state index is 0.0846. The summed E-state index contributed by atoms with van der Waals surface area (Å²) in [4.78, 5) is 49.5. The van der Waals surface area contributed by atoms with Crippen LogP contribution < -0.4 is 4.74 Å². The molecule has 12 nitrogen and oxygen atoms in total. The SMILES string of the molecule is COCCCCn1c(C(=O)N(CC(C)C)[C@H]2C[C@@H](C(=O)N3CCOCC3)CN(C(=O)O)C2)nc2ccc(OC)cc21. The largest absolute Gasteiger partial charge is 0.497 e. The Morgan fingerprint density at radius 2 is 1.88 bits per heavy atom. The van der Waals surface area contributed by atoms with Crippen molar-refractivity contribution >= 4 is 28.9 Å². The fraction of sp³-hybridized carbons (Fsp3) is 0.655. The Hall–Kier alpha value is -3.38. The molecular weight excluding hydrogens is 530 g/mol. The van der Waals surface area contributed by atoms with Crippen LogP contribution >= 0.6 is 0 Å². The van der Waals surface area contributed by atoms with Gasteiger partial charge < -0.3 is 38.6 Å². The minimum atomic E-state index is -1.09. The van der Waals surface area contributed by atoms with Crippen molar-refractivity contribution in [2.75, 3.05) is 66.8 Å². The molecule has 41 heavy (non-hydrogen) atoms. The second kappa shape index (κ2) is 14.0. The molecule has 3 heterocycles. The molecule has 12 heteroatoms. The first-order valence-corrected chi connectivity index (χ1v) is 14.4. The molecule has 2 aromatic rings. The minimum Gasteiger partial charge on any atom is -0.497 e. The van der Waals surface area contributed by atoms with E-state index in [0.717, 1.165) is 18.4 Å². The Balaban J connectivity index is 1.68. The molecule has 1 N–H and O–H groups in total. The number of hydrogen-bond donors (Lipinski definition) is 1. The Labute approximate surface area is 241 Å². The van der Waals surface area contributed by atoms with E-state index in [9.17, 15) is 19.5 Å². The molecule has 2 saturated heterocycles. The van der Waals surface area contributed by atoms with Gasteiger partial charge in [-0.15, -0.1) is 0 Å². The molecule has 0 unspecified atom stereocenters. The van der Waals surface area contributed by atoms with E-state index in [2.05, 4.69) is 0 Å². The van der Waals surface area contributed by atoms with Gasteiger partial charge in [0.15, 0.2) is 5.82 Å². The molecule has 4 rings (SSSR count). The highest BCUT2D eigenvalue weighted by Gasteiger charge is 2.40. The number of benzene rings is 1. The normalized spacial score (nSPS) is 19.5. The monoisotopic (exact) mass is 573 g/mol. The summed E-state index contributed by atoms with van der Waals surface area (Å²) in [6.07, 6.45) is 0.905. The van der Waals surface area contributed by atoms with Crippen LogP contribution in [0.15, 0.2) is 18.2 Å². The molecule has 226 valence electrons. The van der Waals surface area contributed by atoms with Crippen LogP contribution in [0.2, 0.25) is 0 Å². The Kier molecular flexibility index (Phi) is 10.4. The molecule has 0 bridgehead atoms. The van der Waals surface area contributed by atoms with Crippen molar-refractivity contribution in [3.63, 3.8) is 0 Å². The van der Waals surface area contributed by atoms with Crippen molar-refractivity contribution in [3.8, 4) is 5.75 Å². The number of rotatable bonds is 11. The van der Waals surface area contributed by atoms with Gasteiger partial charge in [0, 0.05) is 59.1 Å². The van der Waals surface area contributed by atoms with Crippen molar-refractivity contribution < 1.29 is 33.7 Å². The zero-order valence-electron chi connectivity index (χ0n) is 24.6. The number of amides is 3. The number of fused-ring (bicyclic) bond motifs is 1. The number of ether oxygens (including phenoxy) is 3. The molecule has 2 aliphatic rings. The highest BCUT2D eigenvalue weighted by atomic mass is 16.5. The first-order chi connectivity index (χ1) is 19.7. The van der Waals surface area contributed by atoms with Crippen LogP contribution in [0, 0.1) is 11.8 Å². The van der Waals surface area contributed by atoms with Crippen LogP contribution in [0.4, 0.5) is 4.79 Å². The number of hydrogen-bond acceptors (Lipinski definition) is 7. The van der Waals surface area contributed by atoms with E-state index in [1.54, 1.807) is 24.0 Å². The van der Waals surface area contributed by atoms with Gasteiger partial charge in [-0.3, -0.25) is 9.59 Å². The molecule has 2 aliphatic heterocycles. The predicted octanol–water partition coefficient (Wildman–Crippen LogP) is 2.80. The molecule has 0 saturated carbocycles. The van der Waals surface area contributed by atoms with Crippen molar-refractivity contribution in [1.82, 2.24) is 24.3 Å². The van der Waals surface area contributed by atoms with Crippen LogP contribution in [0.1, 0.15) is 43.7 Å². The summed E-state index contributed by atoms with van der Waals surface area (Å²) in [5, 5.41) is 9.95. The van der Waals surface area contributed by atoms with E-state index < -0.39 is 18.1 Å². The molecule has 2 atom stereocenters. The number of imidazole rings is 1. The number of unbranched alkanes of at least 4 members (excludes halogenated alkanes) is 1. The molecule has 0 aliphatic carbocycles. The number of likely N-dealkylation sites (tertiary alicyclic amines) is 1. The summed E-state index contributed by atoms with van der Waals surface area (Å²) in [6.45, 7) is 7.79. The molecular formula is C29H43N5O7. The predicted molar refractivity (Wildman–Crippen MR) is 152 cm³/mol. The summed E-state index contributed by atoms with van der Waals surface area (Å²) in [5.41, 5.74) is 1.48. The number of carbonyl (C=O) groups is 3. The highest BCUT2D eigenvalue weighted by Crippen LogP contribution is 2.28. The molecule has 0 spiro atoms. The van der Waals surface area contributed by atoms with Gasteiger partial charge in [-0.05, 0) is 37.3 Å². The fourth-order valence-electron chi connectivity index (χ4n) is 5.73. The summed E-state index contributed by atoms with van der Waals surface area (Å²) >= 11 is 0. The average molecular weight is 574 g/mol. The van der Waals surface area contributed by atoms with Gasteiger partial charge in [0.2, 0.25) is 5.91 Å². The maximum Gasteiger partial charge on any atom is 0.407 e. The average Bonchev–Trinajstić information content (AvgIpc) is 3.35.